The molecule has 0 spiro atoms. The van der Waals surface area contributed by atoms with E-state index in [2.05, 4.69) is 4.98 Å². The molecule has 1 saturated carbocycles. The maximum absolute atomic E-state index is 13.0. The first-order chi connectivity index (χ1) is 13.5. The van der Waals surface area contributed by atoms with Crippen LogP contribution >= 0.6 is 11.6 Å². The number of nitrogens with zero attached hydrogens (tertiary/aromatic N) is 2. The first-order valence-corrected chi connectivity index (χ1v) is 10.4. The van der Waals surface area contributed by atoms with Gasteiger partial charge in [-0.25, -0.2) is 0 Å². The van der Waals surface area contributed by atoms with Crippen LogP contribution < -0.4 is 5.56 Å². The quantitative estimate of drug-likeness (QED) is 0.829. The Kier molecular flexibility index (Phi) is 5.73. The molecular formula is C20H26ClN3O4. The summed E-state index contributed by atoms with van der Waals surface area (Å²) < 4.78 is 5.78. The summed E-state index contributed by atoms with van der Waals surface area (Å²) in [6.07, 6.45) is 6.72. The molecular weight excluding hydrogens is 382 g/mol. The molecule has 0 aromatic carbocycles. The Hall–Kier alpha value is -1.86. The van der Waals surface area contributed by atoms with E-state index in [1.807, 2.05) is 4.90 Å². The van der Waals surface area contributed by atoms with E-state index >= 15 is 0 Å². The highest BCUT2D eigenvalue weighted by Gasteiger charge is 2.38. The number of pyridine rings is 1. The van der Waals surface area contributed by atoms with Gasteiger partial charge in [-0.05, 0) is 24.8 Å². The molecule has 8 heteroatoms. The summed E-state index contributed by atoms with van der Waals surface area (Å²) in [5, 5.41) is -0.00225. The number of aromatic nitrogens is 1. The molecule has 7 nitrogen and oxygen atoms in total. The third-order valence-electron chi connectivity index (χ3n) is 6.12. The molecule has 3 aliphatic rings. The minimum Gasteiger partial charge on any atom is -0.379 e. The fourth-order valence-electron chi connectivity index (χ4n) is 4.65. The van der Waals surface area contributed by atoms with E-state index in [0.29, 0.717) is 50.8 Å². The van der Waals surface area contributed by atoms with Gasteiger partial charge in [0.2, 0.25) is 5.91 Å². The van der Waals surface area contributed by atoms with Crippen LogP contribution in [0.1, 0.15) is 42.5 Å². The Morgan fingerprint density at radius 3 is 2.71 bits per heavy atom. The largest absolute Gasteiger partial charge is 0.379 e. The number of nitrogens with one attached hydrogen (secondary N) is 1. The van der Waals surface area contributed by atoms with Crippen LogP contribution in [-0.2, 0) is 9.53 Å². The second kappa shape index (κ2) is 8.25. The average Bonchev–Trinajstić information content (AvgIpc) is 2.99. The molecule has 1 aliphatic carbocycles. The molecule has 4 rings (SSSR count). The Balaban J connectivity index is 1.50. The van der Waals surface area contributed by atoms with Crippen molar-refractivity contribution in [3.8, 4) is 0 Å². The first-order valence-electron chi connectivity index (χ1n) is 10.1. The molecule has 2 saturated heterocycles. The van der Waals surface area contributed by atoms with Crippen LogP contribution in [0.2, 0.25) is 5.02 Å². The Bertz CT molecular complexity index is 805. The van der Waals surface area contributed by atoms with E-state index in [9.17, 15) is 14.4 Å². The average molecular weight is 408 g/mol. The van der Waals surface area contributed by atoms with Gasteiger partial charge in [-0.2, -0.15) is 0 Å². The number of fused-ring (bicyclic) bond motifs is 3. The van der Waals surface area contributed by atoms with Crippen molar-refractivity contribution in [2.75, 3.05) is 32.8 Å². The normalized spacial score (nSPS) is 25.6. The van der Waals surface area contributed by atoms with E-state index in [1.165, 1.54) is 25.1 Å². The van der Waals surface area contributed by atoms with Gasteiger partial charge in [0, 0.05) is 38.2 Å². The summed E-state index contributed by atoms with van der Waals surface area (Å²) >= 11 is 5.88. The summed E-state index contributed by atoms with van der Waals surface area (Å²) in [6.45, 7) is 2.58. The molecule has 1 N–H and O–H groups in total. The fraction of sp³-hybridized carbons (Fsp3) is 0.650. The van der Waals surface area contributed by atoms with E-state index in [1.54, 1.807) is 4.90 Å². The van der Waals surface area contributed by atoms with Gasteiger partial charge in [0.25, 0.3) is 11.5 Å². The molecule has 0 unspecified atom stereocenters. The number of halogens is 1. The SMILES string of the molecule is O=C(c1c[nH]c(=O)c(Cl)c1)N1C[C@@H]2COC[C@H](C1)N(C(=O)CC1CCCC1)C2. The van der Waals surface area contributed by atoms with Crippen LogP contribution in [0.3, 0.4) is 0 Å². The lowest BCUT2D eigenvalue weighted by Crippen LogP contribution is -2.48. The van der Waals surface area contributed by atoms with Crippen molar-refractivity contribution in [3.05, 3.63) is 33.2 Å². The van der Waals surface area contributed by atoms with Gasteiger partial charge in [0.05, 0.1) is 24.8 Å². The summed E-state index contributed by atoms with van der Waals surface area (Å²) in [7, 11) is 0. The van der Waals surface area contributed by atoms with Crippen LogP contribution in [0.5, 0.6) is 0 Å². The maximum atomic E-state index is 13.0. The molecule has 1 aromatic rings. The summed E-state index contributed by atoms with van der Waals surface area (Å²) in [4.78, 5) is 43.7. The van der Waals surface area contributed by atoms with E-state index in [-0.39, 0.29) is 28.8 Å². The van der Waals surface area contributed by atoms with Gasteiger partial charge in [0.15, 0.2) is 0 Å². The molecule has 152 valence electrons. The monoisotopic (exact) mass is 407 g/mol. The molecule has 3 fully saturated rings. The Morgan fingerprint density at radius 1 is 1.18 bits per heavy atom. The fourth-order valence-corrected chi connectivity index (χ4v) is 4.83. The number of ether oxygens (including phenoxy) is 1. The molecule has 2 atom stereocenters. The Morgan fingerprint density at radius 2 is 1.96 bits per heavy atom. The van der Waals surface area contributed by atoms with Gasteiger partial charge in [0.1, 0.15) is 5.02 Å². The third-order valence-corrected chi connectivity index (χ3v) is 6.40. The molecule has 3 heterocycles. The maximum Gasteiger partial charge on any atom is 0.266 e. The molecule has 2 aliphatic heterocycles. The van der Waals surface area contributed by atoms with Crippen molar-refractivity contribution in [2.24, 2.45) is 11.8 Å². The van der Waals surface area contributed by atoms with E-state index in [4.69, 9.17) is 16.3 Å². The predicted molar refractivity (Wildman–Crippen MR) is 104 cm³/mol. The second-order valence-corrected chi connectivity index (χ2v) is 8.64. The number of H-pyrrole nitrogens is 1. The third kappa shape index (κ3) is 4.10. The number of aromatic amines is 1. The van der Waals surface area contributed by atoms with Crippen LogP contribution in [0, 0.1) is 11.8 Å². The van der Waals surface area contributed by atoms with Crippen LogP contribution in [0.25, 0.3) is 0 Å². The number of carbonyl (C=O) groups is 2. The highest BCUT2D eigenvalue weighted by molar-refractivity contribution is 6.30. The molecule has 1 aromatic heterocycles. The highest BCUT2D eigenvalue weighted by Crippen LogP contribution is 2.30. The summed E-state index contributed by atoms with van der Waals surface area (Å²) in [6, 6.07) is 1.27. The van der Waals surface area contributed by atoms with Crippen LogP contribution in [-0.4, -0.2) is 65.5 Å². The zero-order valence-electron chi connectivity index (χ0n) is 15.9. The lowest BCUT2D eigenvalue weighted by Gasteiger charge is -2.32. The molecule has 2 amide bonds. The van der Waals surface area contributed by atoms with Gasteiger partial charge < -0.3 is 19.5 Å². The first kappa shape index (κ1) is 19.5. The lowest BCUT2D eigenvalue weighted by atomic mass is 10.0. The Labute approximate surface area is 169 Å². The smallest absolute Gasteiger partial charge is 0.266 e. The van der Waals surface area contributed by atoms with Crippen molar-refractivity contribution in [1.82, 2.24) is 14.8 Å². The lowest BCUT2D eigenvalue weighted by molar-refractivity contribution is -0.134. The van der Waals surface area contributed by atoms with Crippen molar-refractivity contribution >= 4 is 23.4 Å². The summed E-state index contributed by atoms with van der Waals surface area (Å²) in [5.41, 5.74) is -0.0580. The van der Waals surface area contributed by atoms with Crippen LogP contribution in [0.4, 0.5) is 0 Å². The van der Waals surface area contributed by atoms with Gasteiger partial charge >= 0.3 is 0 Å². The standard InChI is InChI=1S/C20H26ClN3O4/c21-17-6-15(7-22-19(17)26)20(27)23-8-14-9-24(16(10-23)12-28-11-14)18(25)5-13-3-1-2-4-13/h6-7,13-14,16H,1-5,8-12H2,(H,22,26)/t14-,16-/m0/s1. The van der Waals surface area contributed by atoms with Crippen molar-refractivity contribution < 1.29 is 14.3 Å². The van der Waals surface area contributed by atoms with Crippen molar-refractivity contribution in [1.29, 1.82) is 0 Å². The van der Waals surface area contributed by atoms with Gasteiger partial charge in [-0.15, -0.1) is 0 Å². The zero-order valence-corrected chi connectivity index (χ0v) is 16.6. The minimum absolute atomic E-state index is 0.00225. The highest BCUT2D eigenvalue weighted by atomic mass is 35.5. The van der Waals surface area contributed by atoms with Crippen molar-refractivity contribution in [3.63, 3.8) is 0 Å². The zero-order chi connectivity index (χ0) is 19.7. The van der Waals surface area contributed by atoms with E-state index < -0.39 is 5.56 Å². The number of hydrogen-bond acceptors (Lipinski definition) is 4. The van der Waals surface area contributed by atoms with Crippen molar-refractivity contribution in [2.45, 2.75) is 38.1 Å². The summed E-state index contributed by atoms with van der Waals surface area (Å²) in [5.74, 6) is 0.591. The van der Waals surface area contributed by atoms with Crippen LogP contribution in [0.15, 0.2) is 17.1 Å². The topological polar surface area (TPSA) is 82.7 Å². The molecule has 2 bridgehead atoms. The minimum atomic E-state index is -0.414. The van der Waals surface area contributed by atoms with Gasteiger partial charge in [-0.3, -0.25) is 14.4 Å². The number of amides is 2. The van der Waals surface area contributed by atoms with Gasteiger partial charge in [-0.1, -0.05) is 24.4 Å². The number of carbonyl (C=O) groups excluding carboxylic acids is 2. The number of rotatable bonds is 3. The molecule has 0 radical (unpaired) electrons. The second-order valence-electron chi connectivity index (χ2n) is 8.23. The molecule has 28 heavy (non-hydrogen) atoms. The number of hydrogen-bond donors (Lipinski definition) is 1. The van der Waals surface area contributed by atoms with E-state index in [0.717, 1.165) is 12.8 Å². The predicted octanol–water partition coefficient (Wildman–Crippen LogP) is 1.91.